The van der Waals surface area contributed by atoms with Gasteiger partial charge in [0.05, 0.1) is 0 Å². The number of hydrogen-bond acceptors (Lipinski definition) is 3. The van der Waals surface area contributed by atoms with Crippen molar-refractivity contribution in [3.05, 3.63) is 24.3 Å². The van der Waals surface area contributed by atoms with Gasteiger partial charge in [-0.15, -0.1) is 0 Å². The quantitative estimate of drug-likeness (QED) is 0.790. The second-order valence-corrected chi connectivity index (χ2v) is 4.24. The van der Waals surface area contributed by atoms with Crippen molar-refractivity contribution in [2.24, 2.45) is 5.92 Å². The summed E-state index contributed by atoms with van der Waals surface area (Å²) < 4.78 is 0. The smallest absolute Gasteiger partial charge is 0.153 e. The highest BCUT2D eigenvalue weighted by atomic mass is 16.3. The van der Waals surface area contributed by atoms with Crippen LogP contribution in [0.1, 0.15) is 39.2 Å². The molecule has 1 aromatic rings. The number of aromatic nitrogens is 2. The van der Waals surface area contributed by atoms with E-state index in [4.69, 9.17) is 0 Å². The third kappa shape index (κ3) is 3.32. The van der Waals surface area contributed by atoms with Crippen LogP contribution in [0.4, 0.5) is 0 Å². The normalized spacial score (nSPS) is 14.1. The predicted octanol–water partition coefficient (Wildman–Crippen LogP) is 2.12. The van der Waals surface area contributed by atoms with Gasteiger partial charge >= 0.3 is 0 Å². The third-order valence-electron chi connectivity index (χ3n) is 2.36. The van der Waals surface area contributed by atoms with Crippen molar-refractivity contribution in [1.29, 1.82) is 0 Å². The molecule has 0 aliphatic heterocycles. The molecule has 1 rings (SSSR count). The van der Waals surface area contributed by atoms with E-state index in [1.807, 2.05) is 6.92 Å². The van der Waals surface area contributed by atoms with Crippen molar-refractivity contribution in [2.45, 2.75) is 39.2 Å². The van der Waals surface area contributed by atoms with Gasteiger partial charge in [-0.05, 0) is 12.3 Å². The lowest BCUT2D eigenvalue weighted by Gasteiger charge is -2.19. The van der Waals surface area contributed by atoms with E-state index < -0.39 is 5.60 Å². The third-order valence-corrected chi connectivity index (χ3v) is 2.36. The van der Waals surface area contributed by atoms with Crippen molar-refractivity contribution in [1.82, 2.24) is 9.97 Å². The van der Waals surface area contributed by atoms with Crippen LogP contribution in [0.15, 0.2) is 18.7 Å². The van der Waals surface area contributed by atoms with Crippen molar-refractivity contribution in [3.63, 3.8) is 0 Å². The molecule has 0 saturated carbocycles. The first-order valence-electron chi connectivity index (χ1n) is 5.56. The fourth-order valence-electron chi connectivity index (χ4n) is 1.28. The van der Waals surface area contributed by atoms with E-state index >= 15 is 0 Å². The molecule has 0 radical (unpaired) electrons. The first-order chi connectivity index (χ1) is 7.58. The molecule has 1 atom stereocenters. The van der Waals surface area contributed by atoms with E-state index in [9.17, 15) is 5.11 Å². The Kier molecular flexibility index (Phi) is 4.45. The zero-order chi connectivity index (χ0) is 12.0. The molecule has 16 heavy (non-hydrogen) atoms. The maximum absolute atomic E-state index is 10.4. The maximum atomic E-state index is 10.4. The van der Waals surface area contributed by atoms with Gasteiger partial charge in [0.1, 0.15) is 6.33 Å². The van der Waals surface area contributed by atoms with Crippen LogP contribution in [0.5, 0.6) is 0 Å². The van der Waals surface area contributed by atoms with Crippen molar-refractivity contribution >= 4 is 0 Å². The Morgan fingerprint density at radius 1 is 1.38 bits per heavy atom. The van der Waals surface area contributed by atoms with E-state index in [0.717, 1.165) is 6.42 Å². The van der Waals surface area contributed by atoms with Crippen molar-refractivity contribution in [3.8, 4) is 11.8 Å². The molecule has 0 saturated heterocycles. The minimum atomic E-state index is -1.11. The lowest BCUT2D eigenvalue weighted by molar-refractivity contribution is 0.0950. The van der Waals surface area contributed by atoms with Gasteiger partial charge in [-0.2, -0.15) is 0 Å². The molecule has 0 amide bonds. The molecule has 1 heterocycles. The summed E-state index contributed by atoms with van der Waals surface area (Å²) in [5, 5.41) is 10.4. The Labute approximate surface area is 96.9 Å². The number of nitrogens with zero attached hydrogens (tertiary/aromatic N) is 2. The molecular formula is C13H18N2O. The van der Waals surface area contributed by atoms with Gasteiger partial charge in [-0.25, -0.2) is 9.97 Å². The summed E-state index contributed by atoms with van der Waals surface area (Å²) in [6, 6.07) is 0. The van der Waals surface area contributed by atoms with Crippen LogP contribution in [-0.4, -0.2) is 15.1 Å². The van der Waals surface area contributed by atoms with Crippen LogP contribution in [-0.2, 0) is 5.60 Å². The largest absolute Gasteiger partial charge is 0.373 e. The lowest BCUT2D eigenvalue weighted by atomic mass is 9.94. The lowest BCUT2D eigenvalue weighted by Crippen LogP contribution is -2.22. The Hall–Kier alpha value is -1.40. The van der Waals surface area contributed by atoms with E-state index in [1.54, 1.807) is 12.4 Å². The number of rotatable bonds is 3. The van der Waals surface area contributed by atoms with Gasteiger partial charge in [0.2, 0.25) is 0 Å². The molecule has 0 fully saturated rings. The second kappa shape index (κ2) is 5.62. The SMILES string of the molecule is CCC(O)(C#CCC(C)C)c1cncnc1. The number of aliphatic hydroxyl groups is 1. The summed E-state index contributed by atoms with van der Waals surface area (Å²) in [7, 11) is 0. The Morgan fingerprint density at radius 2 is 2.00 bits per heavy atom. The molecule has 1 aromatic heterocycles. The average Bonchev–Trinajstić information content (AvgIpc) is 2.29. The Morgan fingerprint density at radius 3 is 2.50 bits per heavy atom. The van der Waals surface area contributed by atoms with E-state index in [-0.39, 0.29) is 0 Å². The molecular weight excluding hydrogens is 200 g/mol. The Balaban J connectivity index is 2.89. The molecule has 3 nitrogen and oxygen atoms in total. The molecule has 3 heteroatoms. The van der Waals surface area contributed by atoms with E-state index in [0.29, 0.717) is 17.9 Å². The fourth-order valence-corrected chi connectivity index (χ4v) is 1.28. The molecule has 1 N–H and O–H groups in total. The monoisotopic (exact) mass is 218 g/mol. The van der Waals surface area contributed by atoms with Crippen LogP contribution < -0.4 is 0 Å². The molecule has 0 spiro atoms. The number of hydrogen-bond donors (Lipinski definition) is 1. The van der Waals surface area contributed by atoms with Gasteiger partial charge < -0.3 is 5.11 Å². The highest BCUT2D eigenvalue weighted by Gasteiger charge is 2.24. The fraction of sp³-hybridized carbons (Fsp3) is 0.538. The molecule has 86 valence electrons. The van der Waals surface area contributed by atoms with Gasteiger partial charge in [0.15, 0.2) is 5.60 Å². The topological polar surface area (TPSA) is 46.0 Å². The van der Waals surface area contributed by atoms with Gasteiger partial charge in [-0.1, -0.05) is 32.6 Å². The molecule has 0 aliphatic rings. The van der Waals surface area contributed by atoms with Crippen LogP contribution in [0.25, 0.3) is 0 Å². The highest BCUT2D eigenvalue weighted by molar-refractivity contribution is 5.27. The second-order valence-electron chi connectivity index (χ2n) is 4.24. The molecule has 1 unspecified atom stereocenters. The standard InChI is InChI=1S/C13H18N2O/c1-4-13(16,7-5-6-11(2)3)12-8-14-10-15-9-12/h8-11,16H,4,6H2,1-3H3. The van der Waals surface area contributed by atoms with E-state index in [2.05, 4.69) is 35.7 Å². The summed E-state index contributed by atoms with van der Waals surface area (Å²) in [5.74, 6) is 6.45. The minimum Gasteiger partial charge on any atom is -0.373 e. The first kappa shape index (κ1) is 12.7. The summed E-state index contributed by atoms with van der Waals surface area (Å²) in [6.45, 7) is 6.10. The van der Waals surface area contributed by atoms with E-state index in [1.165, 1.54) is 6.33 Å². The van der Waals surface area contributed by atoms with Crippen LogP contribution in [0, 0.1) is 17.8 Å². The highest BCUT2D eigenvalue weighted by Crippen LogP contribution is 2.22. The van der Waals surface area contributed by atoms with Crippen LogP contribution in [0.3, 0.4) is 0 Å². The summed E-state index contributed by atoms with van der Waals surface area (Å²) >= 11 is 0. The van der Waals surface area contributed by atoms with Crippen molar-refractivity contribution < 1.29 is 5.11 Å². The van der Waals surface area contributed by atoms with Gasteiger partial charge in [-0.3, -0.25) is 0 Å². The van der Waals surface area contributed by atoms with Gasteiger partial charge in [0, 0.05) is 24.4 Å². The molecule has 0 aliphatic carbocycles. The summed E-state index contributed by atoms with van der Waals surface area (Å²) in [4.78, 5) is 7.81. The van der Waals surface area contributed by atoms with Crippen molar-refractivity contribution in [2.75, 3.05) is 0 Å². The van der Waals surface area contributed by atoms with Gasteiger partial charge in [0.25, 0.3) is 0 Å². The summed E-state index contributed by atoms with van der Waals surface area (Å²) in [5.41, 5.74) is -0.454. The Bertz CT molecular complexity index is 378. The minimum absolute atomic E-state index is 0.514. The first-order valence-corrected chi connectivity index (χ1v) is 5.56. The zero-order valence-electron chi connectivity index (χ0n) is 10.1. The zero-order valence-corrected chi connectivity index (χ0v) is 10.1. The van der Waals surface area contributed by atoms with Crippen LogP contribution in [0.2, 0.25) is 0 Å². The molecule has 0 bridgehead atoms. The average molecular weight is 218 g/mol. The maximum Gasteiger partial charge on any atom is 0.153 e. The molecule has 0 aromatic carbocycles. The van der Waals surface area contributed by atoms with Crippen LogP contribution >= 0.6 is 0 Å². The summed E-state index contributed by atoms with van der Waals surface area (Å²) in [6.07, 6.45) is 5.99. The predicted molar refractivity (Wildman–Crippen MR) is 63.5 cm³/mol.